The van der Waals surface area contributed by atoms with Crippen molar-refractivity contribution in [3.05, 3.63) is 23.2 Å². The molecule has 6 heteroatoms. The Morgan fingerprint density at radius 2 is 1.95 bits per heavy atom. The van der Waals surface area contributed by atoms with E-state index in [9.17, 15) is 9.59 Å². The molecule has 2 unspecified atom stereocenters. The van der Waals surface area contributed by atoms with Crippen molar-refractivity contribution < 1.29 is 19.4 Å². The first-order valence-electron chi connectivity index (χ1n) is 5.74. The Hall–Kier alpha value is -1.75. The number of halogens is 1. The van der Waals surface area contributed by atoms with Gasteiger partial charge in [0, 0.05) is 11.6 Å². The molecule has 2 N–H and O–H groups in total. The third-order valence-corrected chi connectivity index (χ3v) is 3.27. The van der Waals surface area contributed by atoms with Crippen molar-refractivity contribution in [1.82, 2.24) is 0 Å². The number of carbonyl (C=O) groups is 2. The summed E-state index contributed by atoms with van der Waals surface area (Å²) in [7, 11) is 1.50. The lowest BCUT2D eigenvalue weighted by atomic mass is 9.95. The number of methoxy groups -OCH3 is 1. The third kappa shape index (κ3) is 3.86. The number of anilines is 1. The van der Waals surface area contributed by atoms with E-state index < -0.39 is 17.8 Å². The molecule has 0 spiro atoms. The normalized spacial score (nSPS) is 13.5. The molecule has 1 aromatic carbocycles. The second-order valence-electron chi connectivity index (χ2n) is 4.25. The first-order valence-corrected chi connectivity index (χ1v) is 6.11. The van der Waals surface area contributed by atoms with Gasteiger partial charge in [-0.1, -0.05) is 25.4 Å². The van der Waals surface area contributed by atoms with Crippen molar-refractivity contribution in [1.29, 1.82) is 0 Å². The van der Waals surface area contributed by atoms with E-state index in [2.05, 4.69) is 5.32 Å². The quantitative estimate of drug-likeness (QED) is 0.872. The van der Waals surface area contributed by atoms with Crippen LogP contribution in [-0.2, 0) is 9.59 Å². The number of carboxylic acid groups (broad SMARTS) is 1. The number of hydrogen-bond acceptors (Lipinski definition) is 3. The van der Waals surface area contributed by atoms with Crippen LogP contribution in [0.15, 0.2) is 18.2 Å². The van der Waals surface area contributed by atoms with Crippen LogP contribution in [0.4, 0.5) is 5.69 Å². The van der Waals surface area contributed by atoms with E-state index in [4.69, 9.17) is 21.4 Å². The van der Waals surface area contributed by atoms with Crippen LogP contribution in [0.3, 0.4) is 0 Å². The van der Waals surface area contributed by atoms with E-state index in [1.165, 1.54) is 14.0 Å². The molecule has 0 radical (unpaired) electrons. The predicted octanol–water partition coefficient (Wildman–Crippen LogP) is 2.64. The van der Waals surface area contributed by atoms with Crippen molar-refractivity contribution in [2.45, 2.75) is 13.8 Å². The minimum Gasteiger partial charge on any atom is -0.495 e. The number of ether oxygens (including phenoxy) is 1. The molecule has 0 aliphatic heterocycles. The van der Waals surface area contributed by atoms with E-state index >= 15 is 0 Å². The average molecular weight is 286 g/mol. The van der Waals surface area contributed by atoms with E-state index in [0.717, 1.165) is 0 Å². The monoisotopic (exact) mass is 285 g/mol. The van der Waals surface area contributed by atoms with Crippen LogP contribution in [0, 0.1) is 11.8 Å². The smallest absolute Gasteiger partial charge is 0.307 e. The fraction of sp³-hybridized carbons (Fsp3) is 0.385. The molecule has 19 heavy (non-hydrogen) atoms. The second-order valence-corrected chi connectivity index (χ2v) is 4.66. The van der Waals surface area contributed by atoms with Gasteiger partial charge in [0.1, 0.15) is 5.75 Å². The summed E-state index contributed by atoms with van der Waals surface area (Å²) >= 11 is 5.94. The lowest BCUT2D eigenvalue weighted by Crippen LogP contribution is -2.29. The topological polar surface area (TPSA) is 75.6 Å². The van der Waals surface area contributed by atoms with Gasteiger partial charge < -0.3 is 15.2 Å². The number of aliphatic carboxylic acids is 1. The highest BCUT2D eigenvalue weighted by atomic mass is 35.5. The van der Waals surface area contributed by atoms with Crippen molar-refractivity contribution >= 4 is 29.2 Å². The number of rotatable bonds is 5. The Balaban J connectivity index is 2.77. The van der Waals surface area contributed by atoms with Gasteiger partial charge in [0.05, 0.1) is 18.1 Å². The number of benzene rings is 1. The fourth-order valence-electron chi connectivity index (χ4n) is 1.44. The molecule has 1 rings (SSSR count). The standard InChI is InChI=1S/C13H16ClNO4/c1-7(8(2)13(17)18)12(16)15-9-4-5-11(19-3)10(14)6-9/h4-8H,1-3H3,(H,15,16)(H,17,18). The number of hydrogen-bond donors (Lipinski definition) is 2. The van der Waals surface area contributed by atoms with Crippen LogP contribution in [-0.4, -0.2) is 24.1 Å². The number of carbonyl (C=O) groups excluding carboxylic acids is 1. The van der Waals surface area contributed by atoms with Gasteiger partial charge >= 0.3 is 5.97 Å². The largest absolute Gasteiger partial charge is 0.495 e. The summed E-state index contributed by atoms with van der Waals surface area (Å²) < 4.78 is 5.00. The SMILES string of the molecule is COc1ccc(NC(=O)C(C)C(C)C(=O)O)cc1Cl. The van der Waals surface area contributed by atoms with Gasteiger partial charge in [-0.25, -0.2) is 0 Å². The van der Waals surface area contributed by atoms with Crippen LogP contribution < -0.4 is 10.1 Å². The summed E-state index contributed by atoms with van der Waals surface area (Å²) in [5.41, 5.74) is 0.500. The van der Waals surface area contributed by atoms with Crippen LogP contribution in [0.25, 0.3) is 0 Å². The molecule has 0 saturated carbocycles. The lowest BCUT2D eigenvalue weighted by Gasteiger charge is -2.16. The number of nitrogens with one attached hydrogen (secondary N) is 1. The maximum atomic E-state index is 11.9. The van der Waals surface area contributed by atoms with Crippen molar-refractivity contribution in [2.75, 3.05) is 12.4 Å². The number of amides is 1. The molecule has 0 aliphatic carbocycles. The Labute approximate surface area is 116 Å². The predicted molar refractivity (Wildman–Crippen MR) is 72.6 cm³/mol. The molecule has 0 heterocycles. The van der Waals surface area contributed by atoms with Crippen molar-refractivity contribution in [3.8, 4) is 5.75 Å². The van der Waals surface area contributed by atoms with Crippen molar-refractivity contribution in [2.24, 2.45) is 11.8 Å². The summed E-state index contributed by atoms with van der Waals surface area (Å²) in [6.45, 7) is 3.06. The van der Waals surface area contributed by atoms with Crippen molar-refractivity contribution in [3.63, 3.8) is 0 Å². The minimum absolute atomic E-state index is 0.365. The highest BCUT2D eigenvalue weighted by Gasteiger charge is 2.25. The van der Waals surface area contributed by atoms with Gasteiger partial charge in [-0.2, -0.15) is 0 Å². The van der Waals surface area contributed by atoms with Crippen LogP contribution >= 0.6 is 11.6 Å². The molecule has 1 amide bonds. The maximum absolute atomic E-state index is 11.9. The zero-order valence-electron chi connectivity index (χ0n) is 10.9. The maximum Gasteiger partial charge on any atom is 0.307 e. The van der Waals surface area contributed by atoms with E-state index in [1.807, 2.05) is 0 Å². The van der Waals surface area contributed by atoms with Crippen LogP contribution in [0.2, 0.25) is 5.02 Å². The van der Waals surface area contributed by atoms with Gasteiger partial charge in [0.25, 0.3) is 0 Å². The lowest BCUT2D eigenvalue weighted by molar-refractivity contribution is -0.145. The molecule has 0 bridgehead atoms. The summed E-state index contributed by atoms with van der Waals surface area (Å²) in [6.07, 6.45) is 0. The molecule has 5 nitrogen and oxygen atoms in total. The second kappa shape index (κ2) is 6.43. The van der Waals surface area contributed by atoms with Gasteiger partial charge in [-0.05, 0) is 18.2 Å². The Bertz CT molecular complexity index is 490. The molecular weight excluding hydrogens is 270 g/mol. The van der Waals surface area contributed by atoms with Crippen LogP contribution in [0.5, 0.6) is 5.75 Å². The summed E-state index contributed by atoms with van der Waals surface area (Å²) in [4.78, 5) is 22.7. The van der Waals surface area contributed by atoms with E-state index in [1.54, 1.807) is 25.1 Å². The zero-order valence-corrected chi connectivity index (χ0v) is 11.7. The Kier molecular flexibility index (Phi) is 5.18. The molecule has 2 atom stereocenters. The summed E-state index contributed by atoms with van der Waals surface area (Å²) in [5.74, 6) is -2.26. The van der Waals surface area contributed by atoms with E-state index in [-0.39, 0.29) is 5.91 Å². The first kappa shape index (κ1) is 15.3. The highest BCUT2D eigenvalue weighted by Crippen LogP contribution is 2.27. The molecule has 104 valence electrons. The molecular formula is C13H16ClNO4. The van der Waals surface area contributed by atoms with Gasteiger partial charge in [0.2, 0.25) is 5.91 Å². The molecule has 0 saturated heterocycles. The third-order valence-electron chi connectivity index (χ3n) is 2.97. The Morgan fingerprint density at radius 1 is 1.32 bits per heavy atom. The molecule has 0 aliphatic rings. The van der Waals surface area contributed by atoms with E-state index in [0.29, 0.717) is 16.5 Å². The zero-order chi connectivity index (χ0) is 14.6. The minimum atomic E-state index is -1.00. The summed E-state index contributed by atoms with van der Waals surface area (Å²) in [5, 5.41) is 11.9. The molecule has 1 aromatic rings. The van der Waals surface area contributed by atoms with Gasteiger partial charge in [-0.15, -0.1) is 0 Å². The van der Waals surface area contributed by atoms with Gasteiger partial charge in [0.15, 0.2) is 0 Å². The number of carboxylic acids is 1. The van der Waals surface area contributed by atoms with Gasteiger partial charge in [-0.3, -0.25) is 9.59 Å². The summed E-state index contributed by atoms with van der Waals surface area (Å²) in [6, 6.07) is 4.82. The van der Waals surface area contributed by atoms with Crippen LogP contribution in [0.1, 0.15) is 13.8 Å². The highest BCUT2D eigenvalue weighted by molar-refractivity contribution is 6.32. The average Bonchev–Trinajstić information content (AvgIpc) is 2.37. The molecule has 0 fully saturated rings. The molecule has 0 aromatic heterocycles. The Morgan fingerprint density at radius 3 is 2.42 bits per heavy atom. The fourth-order valence-corrected chi connectivity index (χ4v) is 1.70. The first-order chi connectivity index (χ1) is 8.86.